The van der Waals surface area contributed by atoms with Gasteiger partial charge in [-0.05, 0) is 49.9 Å². The van der Waals surface area contributed by atoms with E-state index in [1.54, 1.807) is 36.7 Å². The molecule has 7 heteroatoms. The molecule has 1 fully saturated rings. The zero-order valence-corrected chi connectivity index (χ0v) is 15.4. The van der Waals surface area contributed by atoms with Crippen LogP contribution in [0.25, 0.3) is 11.3 Å². The number of hydrogen-bond acceptors (Lipinski definition) is 5. The van der Waals surface area contributed by atoms with Crippen molar-refractivity contribution in [3.63, 3.8) is 0 Å². The van der Waals surface area contributed by atoms with Crippen molar-refractivity contribution in [2.45, 2.75) is 26.3 Å². The molecular formula is C21H19FN4O2. The molecule has 1 aromatic carbocycles. The largest absolute Gasteiger partial charge is 0.349 e. The standard InChI is InChI=1S/C21H19FN4O2/c1-13(27)18-19(15-4-2-5-16(22)10-15)25-26(12-14-7-8-14)21(28)20(18)24-17-6-3-9-23-11-17/h2-6,9-11,14,24H,7-8,12H2,1H3. The number of pyridine rings is 1. The fourth-order valence-electron chi connectivity index (χ4n) is 3.12. The Morgan fingerprint density at radius 3 is 2.75 bits per heavy atom. The highest BCUT2D eigenvalue weighted by Crippen LogP contribution is 2.32. The van der Waals surface area contributed by atoms with Gasteiger partial charge in [0.25, 0.3) is 5.56 Å². The summed E-state index contributed by atoms with van der Waals surface area (Å²) in [6.07, 6.45) is 5.27. The molecule has 1 N–H and O–H groups in total. The molecule has 2 heterocycles. The minimum Gasteiger partial charge on any atom is -0.349 e. The smallest absolute Gasteiger partial charge is 0.291 e. The van der Waals surface area contributed by atoms with E-state index in [9.17, 15) is 14.0 Å². The number of anilines is 2. The summed E-state index contributed by atoms with van der Waals surface area (Å²) in [7, 11) is 0. The molecule has 1 saturated carbocycles. The zero-order chi connectivity index (χ0) is 19.7. The first-order valence-corrected chi connectivity index (χ1v) is 9.12. The highest BCUT2D eigenvalue weighted by Gasteiger charge is 2.27. The fourth-order valence-corrected chi connectivity index (χ4v) is 3.12. The lowest BCUT2D eigenvalue weighted by atomic mass is 10.0. The summed E-state index contributed by atoms with van der Waals surface area (Å²) in [5.41, 5.74) is 1.22. The summed E-state index contributed by atoms with van der Waals surface area (Å²) in [5.74, 6) is -0.357. The molecule has 3 aromatic rings. The molecule has 0 aliphatic heterocycles. The fraction of sp³-hybridized carbons (Fsp3) is 0.238. The van der Waals surface area contributed by atoms with Crippen molar-refractivity contribution >= 4 is 17.2 Å². The van der Waals surface area contributed by atoms with Crippen LogP contribution in [0.5, 0.6) is 0 Å². The van der Waals surface area contributed by atoms with Gasteiger partial charge in [0.1, 0.15) is 17.2 Å². The van der Waals surface area contributed by atoms with Gasteiger partial charge in [0.2, 0.25) is 0 Å². The first-order chi connectivity index (χ1) is 13.5. The molecule has 1 aliphatic carbocycles. The SMILES string of the molecule is CC(=O)c1c(-c2cccc(F)c2)nn(CC2CC2)c(=O)c1Nc1cccnc1. The second-order valence-corrected chi connectivity index (χ2v) is 6.96. The molecule has 142 valence electrons. The quantitative estimate of drug-likeness (QED) is 0.660. The maximum absolute atomic E-state index is 13.8. The number of benzene rings is 1. The van der Waals surface area contributed by atoms with E-state index in [4.69, 9.17) is 0 Å². The average Bonchev–Trinajstić information content (AvgIpc) is 3.49. The number of carbonyl (C=O) groups excluding carboxylic acids is 1. The Kier molecular flexibility index (Phi) is 4.73. The van der Waals surface area contributed by atoms with Gasteiger partial charge >= 0.3 is 0 Å². The van der Waals surface area contributed by atoms with E-state index in [0.29, 0.717) is 29.4 Å². The summed E-state index contributed by atoms with van der Waals surface area (Å²) in [6, 6.07) is 9.36. The van der Waals surface area contributed by atoms with Gasteiger partial charge in [-0.3, -0.25) is 14.6 Å². The third kappa shape index (κ3) is 3.69. The summed E-state index contributed by atoms with van der Waals surface area (Å²) in [4.78, 5) is 29.6. The predicted molar refractivity (Wildman–Crippen MR) is 104 cm³/mol. The summed E-state index contributed by atoms with van der Waals surface area (Å²) in [6.45, 7) is 1.85. The van der Waals surface area contributed by atoms with Gasteiger partial charge in [-0.25, -0.2) is 9.07 Å². The molecule has 4 rings (SSSR count). The minimum absolute atomic E-state index is 0.135. The highest BCUT2D eigenvalue weighted by molar-refractivity contribution is 6.05. The number of Topliss-reactive ketones (excluding diaryl/α,β-unsaturated/α-hetero) is 1. The second kappa shape index (κ2) is 7.34. The molecule has 0 amide bonds. The van der Waals surface area contributed by atoms with Crippen LogP contribution in [-0.2, 0) is 6.54 Å². The Balaban J connectivity index is 1.94. The van der Waals surface area contributed by atoms with Crippen LogP contribution in [-0.4, -0.2) is 20.5 Å². The van der Waals surface area contributed by atoms with Crippen molar-refractivity contribution in [2.24, 2.45) is 5.92 Å². The normalized spacial score (nSPS) is 13.4. The molecule has 0 saturated heterocycles. The van der Waals surface area contributed by atoms with Crippen molar-refractivity contribution in [3.8, 4) is 11.3 Å². The molecule has 0 atom stereocenters. The van der Waals surface area contributed by atoms with E-state index in [1.807, 2.05) is 0 Å². The van der Waals surface area contributed by atoms with Crippen molar-refractivity contribution in [3.05, 3.63) is 70.5 Å². The van der Waals surface area contributed by atoms with Crippen LogP contribution in [0.4, 0.5) is 15.8 Å². The van der Waals surface area contributed by atoms with Gasteiger partial charge in [-0.1, -0.05) is 12.1 Å². The summed E-state index contributed by atoms with van der Waals surface area (Å²) < 4.78 is 15.2. The van der Waals surface area contributed by atoms with Gasteiger partial charge < -0.3 is 5.32 Å². The predicted octanol–water partition coefficient (Wildman–Crippen LogP) is 3.80. The van der Waals surface area contributed by atoms with Crippen LogP contribution >= 0.6 is 0 Å². The zero-order valence-electron chi connectivity index (χ0n) is 15.4. The van der Waals surface area contributed by atoms with Crippen molar-refractivity contribution in [1.29, 1.82) is 0 Å². The number of rotatable bonds is 6. The van der Waals surface area contributed by atoms with Gasteiger partial charge in [0.15, 0.2) is 5.78 Å². The Labute approximate surface area is 161 Å². The van der Waals surface area contributed by atoms with Crippen molar-refractivity contribution in [1.82, 2.24) is 14.8 Å². The molecule has 28 heavy (non-hydrogen) atoms. The number of aromatic nitrogens is 3. The Bertz CT molecular complexity index is 1090. The molecule has 1 aliphatic rings. The lowest BCUT2D eigenvalue weighted by molar-refractivity contribution is 0.101. The Hall–Kier alpha value is -3.35. The molecule has 0 bridgehead atoms. The maximum atomic E-state index is 13.8. The number of carbonyl (C=O) groups is 1. The lowest BCUT2D eigenvalue weighted by Crippen LogP contribution is -2.29. The number of hydrogen-bond donors (Lipinski definition) is 1. The number of halogens is 1. The van der Waals surface area contributed by atoms with E-state index >= 15 is 0 Å². The van der Waals surface area contributed by atoms with Crippen LogP contribution in [0.2, 0.25) is 0 Å². The van der Waals surface area contributed by atoms with E-state index in [1.165, 1.54) is 23.7 Å². The Morgan fingerprint density at radius 2 is 2.11 bits per heavy atom. The lowest BCUT2D eigenvalue weighted by Gasteiger charge is -2.16. The van der Waals surface area contributed by atoms with Crippen LogP contribution < -0.4 is 10.9 Å². The van der Waals surface area contributed by atoms with E-state index in [0.717, 1.165) is 12.8 Å². The third-order valence-corrected chi connectivity index (χ3v) is 4.66. The topological polar surface area (TPSA) is 76.9 Å². The van der Waals surface area contributed by atoms with Crippen LogP contribution in [0, 0.1) is 11.7 Å². The molecule has 6 nitrogen and oxygen atoms in total. The molecule has 0 spiro atoms. The molecule has 2 aromatic heterocycles. The van der Waals surface area contributed by atoms with Gasteiger partial charge in [0, 0.05) is 18.3 Å². The molecule has 0 unspecified atom stereocenters. The number of nitrogens with zero attached hydrogens (tertiary/aromatic N) is 3. The number of nitrogens with one attached hydrogen (secondary N) is 1. The third-order valence-electron chi connectivity index (χ3n) is 4.66. The first kappa shape index (κ1) is 18.0. The second-order valence-electron chi connectivity index (χ2n) is 6.96. The van der Waals surface area contributed by atoms with E-state index in [-0.39, 0.29) is 22.6 Å². The number of ketones is 1. The van der Waals surface area contributed by atoms with E-state index < -0.39 is 5.82 Å². The van der Waals surface area contributed by atoms with Gasteiger partial charge in [-0.2, -0.15) is 5.10 Å². The molecular weight excluding hydrogens is 359 g/mol. The van der Waals surface area contributed by atoms with Crippen molar-refractivity contribution < 1.29 is 9.18 Å². The van der Waals surface area contributed by atoms with Crippen molar-refractivity contribution in [2.75, 3.05) is 5.32 Å². The van der Waals surface area contributed by atoms with Gasteiger partial charge in [-0.15, -0.1) is 0 Å². The molecule has 0 radical (unpaired) electrons. The first-order valence-electron chi connectivity index (χ1n) is 9.12. The van der Waals surface area contributed by atoms with Crippen LogP contribution in [0.3, 0.4) is 0 Å². The highest BCUT2D eigenvalue weighted by atomic mass is 19.1. The average molecular weight is 378 g/mol. The summed E-state index contributed by atoms with van der Waals surface area (Å²) in [5, 5.41) is 7.48. The maximum Gasteiger partial charge on any atom is 0.291 e. The van der Waals surface area contributed by atoms with Gasteiger partial charge in [0.05, 0.1) is 17.4 Å². The van der Waals surface area contributed by atoms with Crippen LogP contribution in [0.15, 0.2) is 53.6 Å². The van der Waals surface area contributed by atoms with E-state index in [2.05, 4.69) is 15.4 Å². The summed E-state index contributed by atoms with van der Waals surface area (Å²) >= 11 is 0. The minimum atomic E-state index is -0.435. The van der Waals surface area contributed by atoms with Crippen LogP contribution in [0.1, 0.15) is 30.1 Å². The monoisotopic (exact) mass is 378 g/mol. The Morgan fingerprint density at radius 1 is 1.29 bits per heavy atom.